The molecule has 1 atom stereocenters. The lowest BCUT2D eigenvalue weighted by Gasteiger charge is -2.03. The number of nitrogens with one attached hydrogen (secondary N) is 1. The largest absolute Gasteiger partial charge is 0.450 e. The Hall–Kier alpha value is -0.620. The van der Waals surface area contributed by atoms with E-state index in [0.29, 0.717) is 26.3 Å². The third-order valence-electron chi connectivity index (χ3n) is 1.36. The van der Waals surface area contributed by atoms with Crippen molar-refractivity contribution in [3.8, 4) is 0 Å². The van der Waals surface area contributed by atoms with Crippen LogP contribution in [0.25, 0.3) is 0 Å². The van der Waals surface area contributed by atoms with Gasteiger partial charge in [-0.05, 0) is 26.3 Å². The zero-order valence-corrected chi connectivity index (χ0v) is 11.4. The third-order valence-corrected chi connectivity index (χ3v) is 1.89. The summed E-state index contributed by atoms with van der Waals surface area (Å²) in [5, 5.41) is 2.58. The maximum absolute atomic E-state index is 10.7. The number of alkyl carbamates (subject to hydrolysis) is 1. The average molecular weight is 270 g/mol. The highest BCUT2D eigenvalue weighted by Crippen LogP contribution is 2.12. The van der Waals surface area contributed by atoms with Gasteiger partial charge < -0.3 is 25.2 Å². The molecular formula is C9H23N2O5P. The van der Waals surface area contributed by atoms with Crippen LogP contribution < -0.4 is 11.1 Å². The van der Waals surface area contributed by atoms with Crippen molar-refractivity contribution in [2.24, 2.45) is 5.73 Å². The first-order chi connectivity index (χ1) is 8.08. The van der Waals surface area contributed by atoms with Crippen LogP contribution in [-0.2, 0) is 13.8 Å². The van der Waals surface area contributed by atoms with E-state index in [4.69, 9.17) is 15.4 Å². The molecule has 0 aliphatic rings. The average Bonchev–Trinajstić information content (AvgIpc) is 2.27. The summed E-state index contributed by atoms with van der Waals surface area (Å²) in [7, 11) is -2.64. The van der Waals surface area contributed by atoms with Gasteiger partial charge in [0.05, 0.1) is 13.2 Å². The summed E-state index contributed by atoms with van der Waals surface area (Å²) in [6.07, 6.45) is 1.30. The fourth-order valence-electron chi connectivity index (χ4n) is 0.662. The van der Waals surface area contributed by atoms with Gasteiger partial charge in [0, 0.05) is 6.54 Å². The maximum atomic E-state index is 10.7. The van der Waals surface area contributed by atoms with Crippen LogP contribution in [0.3, 0.4) is 0 Å². The van der Waals surface area contributed by atoms with Crippen LogP contribution >= 0.6 is 8.25 Å². The second-order valence-electron chi connectivity index (χ2n) is 2.90. The molecule has 0 fully saturated rings. The van der Waals surface area contributed by atoms with Crippen molar-refractivity contribution in [3.63, 3.8) is 0 Å². The molecular weight excluding hydrogens is 247 g/mol. The number of nitrogens with two attached hydrogens (primary N) is 1. The summed E-state index contributed by atoms with van der Waals surface area (Å²) < 4.78 is 18.5. The van der Waals surface area contributed by atoms with Gasteiger partial charge in [-0.25, -0.2) is 4.79 Å². The molecule has 0 radical (unpaired) electrons. The van der Waals surface area contributed by atoms with Crippen LogP contribution in [0.15, 0.2) is 0 Å². The van der Waals surface area contributed by atoms with E-state index in [1.54, 1.807) is 6.92 Å². The van der Waals surface area contributed by atoms with Crippen LogP contribution in [0.5, 0.6) is 0 Å². The van der Waals surface area contributed by atoms with E-state index in [-0.39, 0.29) is 6.09 Å². The molecule has 0 aliphatic carbocycles. The number of carbonyl (C=O) groups excluding carboxylic acids is 1. The smallest absolute Gasteiger partial charge is 0.407 e. The molecule has 1 unspecified atom stereocenters. The molecule has 17 heavy (non-hydrogen) atoms. The Balaban J connectivity index is 0. The van der Waals surface area contributed by atoms with E-state index in [0.717, 1.165) is 12.8 Å². The molecule has 0 heterocycles. The molecule has 0 saturated heterocycles. The first kappa shape index (κ1) is 18.7. The van der Waals surface area contributed by atoms with Gasteiger partial charge in [0.2, 0.25) is 0 Å². The van der Waals surface area contributed by atoms with Gasteiger partial charge in [-0.2, -0.15) is 0 Å². The number of carbonyl (C=O) groups is 1. The van der Waals surface area contributed by atoms with E-state index >= 15 is 0 Å². The van der Waals surface area contributed by atoms with Gasteiger partial charge in [-0.3, -0.25) is 4.57 Å². The minimum absolute atomic E-state index is 0.314. The van der Waals surface area contributed by atoms with Gasteiger partial charge in [-0.1, -0.05) is 6.92 Å². The topological polar surface area (TPSA) is 111 Å². The summed E-state index contributed by atoms with van der Waals surface area (Å²) in [5.74, 6) is 0. The number of hydrogen-bond donors (Lipinski definition) is 3. The van der Waals surface area contributed by atoms with Gasteiger partial charge in [0.1, 0.15) is 0 Å². The normalized spacial score (nSPS) is 11.1. The van der Waals surface area contributed by atoms with E-state index in [1.807, 2.05) is 6.92 Å². The lowest BCUT2D eigenvalue weighted by molar-refractivity contribution is 0.146. The summed E-state index contributed by atoms with van der Waals surface area (Å²) in [6, 6.07) is 0. The molecule has 8 heteroatoms. The van der Waals surface area contributed by atoms with Gasteiger partial charge in [-0.15, -0.1) is 0 Å². The molecule has 4 N–H and O–H groups in total. The Morgan fingerprint density at radius 2 is 2.12 bits per heavy atom. The lowest BCUT2D eigenvalue weighted by atomic mass is 10.4. The van der Waals surface area contributed by atoms with Crippen molar-refractivity contribution in [3.05, 3.63) is 0 Å². The molecule has 104 valence electrons. The van der Waals surface area contributed by atoms with E-state index in [1.165, 1.54) is 0 Å². The Bertz CT molecular complexity index is 204. The molecule has 0 aromatic carbocycles. The van der Waals surface area contributed by atoms with Crippen molar-refractivity contribution in [2.45, 2.75) is 26.7 Å². The first-order valence-electron chi connectivity index (χ1n) is 5.54. The fraction of sp³-hybridized carbons (Fsp3) is 0.889. The van der Waals surface area contributed by atoms with E-state index in [9.17, 15) is 9.36 Å². The molecule has 1 amide bonds. The predicted octanol–water partition coefficient (Wildman–Crippen LogP) is 0.876. The molecule has 0 aliphatic heterocycles. The minimum atomic E-state index is -2.64. The number of amides is 1. The van der Waals surface area contributed by atoms with Crippen LogP contribution in [-0.4, -0.2) is 37.3 Å². The predicted molar refractivity (Wildman–Crippen MR) is 66.2 cm³/mol. The van der Waals surface area contributed by atoms with Crippen LogP contribution in [0.1, 0.15) is 26.7 Å². The molecule has 0 aromatic heterocycles. The zero-order chi connectivity index (χ0) is 13.5. The second-order valence-corrected chi connectivity index (χ2v) is 3.72. The van der Waals surface area contributed by atoms with Crippen LogP contribution in [0.4, 0.5) is 4.79 Å². The molecule has 0 aromatic rings. The molecule has 7 nitrogen and oxygen atoms in total. The van der Waals surface area contributed by atoms with Gasteiger partial charge >= 0.3 is 14.3 Å². The molecule has 0 spiro atoms. The van der Waals surface area contributed by atoms with E-state index < -0.39 is 8.25 Å². The lowest BCUT2D eigenvalue weighted by Crippen LogP contribution is -2.26. The Morgan fingerprint density at radius 1 is 1.47 bits per heavy atom. The third kappa shape index (κ3) is 21.3. The molecule has 0 bridgehead atoms. The quantitative estimate of drug-likeness (QED) is 0.467. The summed E-state index contributed by atoms with van der Waals surface area (Å²) >= 11 is 0. The number of hydrogen-bond acceptors (Lipinski definition) is 5. The maximum Gasteiger partial charge on any atom is 0.407 e. The standard InChI is InChI=1S/C7H16N2O2.C2H7O3P/c1-2-6-11-7(10)9-5-3-4-8;1-2-5-6(3)4/h2-6,8H2,1H3,(H,9,10);6H,2H2,1H3,(H,3,4). The summed E-state index contributed by atoms with van der Waals surface area (Å²) in [6.45, 7) is 5.60. The monoisotopic (exact) mass is 270 g/mol. The van der Waals surface area contributed by atoms with Crippen LogP contribution in [0, 0.1) is 0 Å². The zero-order valence-electron chi connectivity index (χ0n) is 10.4. The first-order valence-corrected chi connectivity index (χ1v) is 6.81. The van der Waals surface area contributed by atoms with Gasteiger partial charge in [0.25, 0.3) is 0 Å². The summed E-state index contributed by atoms with van der Waals surface area (Å²) in [4.78, 5) is 18.6. The number of ether oxygens (including phenoxy) is 1. The van der Waals surface area contributed by atoms with Crippen molar-refractivity contribution < 1.29 is 23.5 Å². The fourth-order valence-corrected chi connectivity index (χ4v) is 0.909. The van der Waals surface area contributed by atoms with Crippen molar-refractivity contribution in [1.82, 2.24) is 5.32 Å². The minimum Gasteiger partial charge on any atom is -0.450 e. The highest BCUT2D eigenvalue weighted by molar-refractivity contribution is 7.32. The van der Waals surface area contributed by atoms with Crippen molar-refractivity contribution in [1.29, 1.82) is 0 Å². The Kier molecular flexibility index (Phi) is 17.0. The van der Waals surface area contributed by atoms with Crippen molar-refractivity contribution in [2.75, 3.05) is 26.3 Å². The van der Waals surface area contributed by atoms with Crippen molar-refractivity contribution >= 4 is 14.3 Å². The van der Waals surface area contributed by atoms with Gasteiger partial charge in [0.15, 0.2) is 0 Å². The summed E-state index contributed by atoms with van der Waals surface area (Å²) in [5.41, 5.74) is 5.22. The van der Waals surface area contributed by atoms with Crippen LogP contribution in [0.2, 0.25) is 0 Å². The number of rotatable bonds is 7. The SMILES string of the molecule is CCCOC(=O)NCCCN.CCO[PH](=O)O. The highest BCUT2D eigenvalue weighted by Gasteiger charge is 1.97. The molecule has 0 rings (SSSR count). The Morgan fingerprint density at radius 3 is 2.47 bits per heavy atom. The second kappa shape index (κ2) is 15.4. The van der Waals surface area contributed by atoms with E-state index in [2.05, 4.69) is 9.84 Å². The molecule has 0 saturated carbocycles. The Labute approximate surface area is 103 Å². The highest BCUT2D eigenvalue weighted by atomic mass is 31.1.